The molecule has 0 unspecified atom stereocenters. The molecule has 0 amide bonds. The van der Waals surface area contributed by atoms with Gasteiger partial charge in [-0.2, -0.15) is 0 Å². The Morgan fingerprint density at radius 1 is 0.833 bits per heavy atom. The van der Waals surface area contributed by atoms with E-state index in [2.05, 4.69) is 28.2 Å². The molecule has 1 fully saturated rings. The summed E-state index contributed by atoms with van der Waals surface area (Å²) in [6.07, 6.45) is 8.61. The van der Waals surface area contributed by atoms with Gasteiger partial charge >= 0.3 is 0 Å². The van der Waals surface area contributed by atoms with Crippen molar-refractivity contribution in [3.05, 3.63) is 0 Å². The summed E-state index contributed by atoms with van der Waals surface area (Å²) in [4.78, 5) is 0. The van der Waals surface area contributed by atoms with Crippen LogP contribution in [-0.4, -0.2) is 63.3 Å². The van der Waals surface area contributed by atoms with E-state index in [1.54, 1.807) is 0 Å². The maximum atomic E-state index is 2.44. The Morgan fingerprint density at radius 2 is 1.33 bits per heavy atom. The quantitative estimate of drug-likeness (QED) is 0.201. The van der Waals surface area contributed by atoms with Gasteiger partial charge in [-0.3, -0.25) is 0 Å². The molecule has 112 valence electrons. The van der Waals surface area contributed by atoms with Crippen LogP contribution in [0.5, 0.6) is 0 Å². The number of unbranched alkanes of at least 4 members (excludes halogenated alkanes) is 3. The molecular formula is C14H32I2N2. The van der Waals surface area contributed by atoms with Crippen molar-refractivity contribution in [1.82, 2.24) is 0 Å². The van der Waals surface area contributed by atoms with Crippen LogP contribution in [0.3, 0.4) is 0 Å². The van der Waals surface area contributed by atoms with Gasteiger partial charge in [-0.15, -0.1) is 0 Å². The van der Waals surface area contributed by atoms with Gasteiger partial charge in [0.2, 0.25) is 0 Å². The zero-order valence-electron chi connectivity index (χ0n) is 12.7. The maximum absolute atomic E-state index is 2.44. The molecule has 18 heavy (non-hydrogen) atoms. The first-order valence-corrected chi connectivity index (χ1v) is 7.05. The zero-order chi connectivity index (χ0) is 12.1. The second kappa shape index (κ2) is 10.2. The Bertz CT molecular complexity index is 196. The monoisotopic (exact) mass is 482 g/mol. The van der Waals surface area contributed by atoms with Gasteiger partial charge in [0, 0.05) is 12.8 Å². The van der Waals surface area contributed by atoms with E-state index in [1.165, 1.54) is 69.2 Å². The number of hydrogen-bond acceptors (Lipinski definition) is 0. The number of likely N-dealkylation sites (tertiary alicyclic amines) is 1. The summed E-state index contributed by atoms with van der Waals surface area (Å²) in [5.74, 6) is 0. The first-order chi connectivity index (χ1) is 7.41. The molecule has 1 saturated heterocycles. The van der Waals surface area contributed by atoms with Crippen molar-refractivity contribution in [3.8, 4) is 0 Å². The van der Waals surface area contributed by atoms with Gasteiger partial charge in [-0.05, 0) is 25.7 Å². The lowest BCUT2D eigenvalue weighted by molar-refractivity contribution is -0.897. The summed E-state index contributed by atoms with van der Waals surface area (Å²) < 4.78 is 2.48. The molecule has 2 nitrogen and oxygen atoms in total. The Labute approximate surface area is 149 Å². The van der Waals surface area contributed by atoms with E-state index in [0.29, 0.717) is 0 Å². The molecule has 1 aliphatic heterocycles. The lowest BCUT2D eigenvalue weighted by Gasteiger charge is -2.29. The Morgan fingerprint density at radius 3 is 1.83 bits per heavy atom. The van der Waals surface area contributed by atoms with Crippen LogP contribution < -0.4 is 48.0 Å². The third-order valence-electron chi connectivity index (χ3n) is 3.92. The smallest absolute Gasteiger partial charge is 0.0786 e. The third-order valence-corrected chi connectivity index (χ3v) is 3.92. The minimum Gasteiger partial charge on any atom is -1.00 e. The van der Waals surface area contributed by atoms with Crippen LogP contribution in [0, 0.1) is 0 Å². The summed E-state index contributed by atoms with van der Waals surface area (Å²) in [7, 11) is 9.31. The van der Waals surface area contributed by atoms with Crippen LogP contribution in [0.1, 0.15) is 38.5 Å². The Balaban J connectivity index is 0. The second-order valence-corrected chi connectivity index (χ2v) is 6.93. The highest BCUT2D eigenvalue weighted by Crippen LogP contribution is 2.17. The lowest BCUT2D eigenvalue weighted by atomic mass is 10.1. The molecule has 0 aromatic carbocycles. The van der Waals surface area contributed by atoms with Gasteiger partial charge in [0.1, 0.15) is 0 Å². The van der Waals surface area contributed by atoms with Crippen LogP contribution in [0.25, 0.3) is 0 Å². The second-order valence-electron chi connectivity index (χ2n) is 6.93. The molecule has 1 aliphatic rings. The van der Waals surface area contributed by atoms with Crippen molar-refractivity contribution < 1.29 is 56.9 Å². The average Bonchev–Trinajstić information content (AvgIpc) is 2.57. The highest BCUT2D eigenvalue weighted by atomic mass is 127. The van der Waals surface area contributed by atoms with Crippen molar-refractivity contribution in [2.75, 3.05) is 54.4 Å². The maximum Gasteiger partial charge on any atom is 0.0786 e. The predicted octanol–water partition coefficient (Wildman–Crippen LogP) is -3.50. The Hall–Kier alpha value is 1.38. The topological polar surface area (TPSA) is 0 Å². The van der Waals surface area contributed by atoms with Gasteiger partial charge in [-0.1, -0.05) is 0 Å². The van der Waals surface area contributed by atoms with Crippen molar-refractivity contribution in [3.63, 3.8) is 0 Å². The summed E-state index contributed by atoms with van der Waals surface area (Å²) in [6.45, 7) is 5.61. The van der Waals surface area contributed by atoms with Gasteiger partial charge in [-0.25, -0.2) is 0 Å². The molecule has 0 spiro atoms. The van der Waals surface area contributed by atoms with E-state index < -0.39 is 0 Å². The molecule has 0 N–H and O–H groups in total. The van der Waals surface area contributed by atoms with E-state index in [9.17, 15) is 0 Å². The third kappa shape index (κ3) is 10.2. The highest BCUT2D eigenvalue weighted by Gasteiger charge is 2.25. The van der Waals surface area contributed by atoms with Gasteiger partial charge in [0.05, 0.1) is 54.4 Å². The largest absolute Gasteiger partial charge is 1.00 e. The summed E-state index contributed by atoms with van der Waals surface area (Å²) in [5, 5.41) is 0. The number of quaternary nitrogens is 2. The molecule has 1 heterocycles. The highest BCUT2D eigenvalue weighted by molar-refractivity contribution is 4.52. The first kappa shape index (κ1) is 21.7. The average molecular weight is 482 g/mol. The van der Waals surface area contributed by atoms with E-state index in [0.717, 1.165) is 4.48 Å². The summed E-state index contributed by atoms with van der Waals surface area (Å²) >= 11 is 0. The van der Waals surface area contributed by atoms with Crippen molar-refractivity contribution in [2.24, 2.45) is 0 Å². The lowest BCUT2D eigenvalue weighted by Crippen LogP contribution is -3.00. The van der Waals surface area contributed by atoms with Crippen molar-refractivity contribution in [1.29, 1.82) is 0 Å². The van der Waals surface area contributed by atoms with Crippen LogP contribution in [0.4, 0.5) is 0 Å². The summed E-state index contributed by atoms with van der Waals surface area (Å²) in [5.41, 5.74) is 0. The molecule has 0 bridgehead atoms. The molecule has 4 heteroatoms. The number of halogens is 2. The van der Waals surface area contributed by atoms with Crippen LogP contribution in [0.15, 0.2) is 0 Å². The van der Waals surface area contributed by atoms with Gasteiger partial charge < -0.3 is 56.9 Å². The zero-order valence-corrected chi connectivity index (χ0v) is 17.0. The molecular weight excluding hydrogens is 450 g/mol. The SMILES string of the molecule is C[N+](C)(C)CCCCCC[N+]1(C)CCCC1.[I-].[I-]. The van der Waals surface area contributed by atoms with Crippen LogP contribution >= 0.6 is 0 Å². The van der Waals surface area contributed by atoms with E-state index >= 15 is 0 Å². The standard InChI is InChI=1S/C14H32N2.2HI/c1-15(2,3)11-7-5-6-8-12-16(4)13-9-10-14-16;;/h5-14H2,1-4H3;2*1H/q+2;;/p-2. The van der Waals surface area contributed by atoms with E-state index in [-0.39, 0.29) is 48.0 Å². The Kier molecular flexibility index (Phi) is 12.2. The molecule has 0 aliphatic carbocycles. The van der Waals surface area contributed by atoms with Gasteiger partial charge in [0.25, 0.3) is 0 Å². The fraction of sp³-hybridized carbons (Fsp3) is 1.00. The molecule has 0 saturated carbocycles. The fourth-order valence-electron chi connectivity index (χ4n) is 2.76. The molecule has 0 aromatic heterocycles. The molecule has 0 atom stereocenters. The normalized spacial score (nSPS) is 18.0. The fourth-order valence-corrected chi connectivity index (χ4v) is 2.76. The first-order valence-electron chi connectivity index (χ1n) is 7.05. The van der Waals surface area contributed by atoms with E-state index in [1.807, 2.05) is 0 Å². The predicted molar refractivity (Wildman–Crippen MR) is 71.4 cm³/mol. The van der Waals surface area contributed by atoms with Crippen LogP contribution in [0.2, 0.25) is 0 Å². The molecule has 0 aromatic rings. The number of hydrogen-bond donors (Lipinski definition) is 0. The van der Waals surface area contributed by atoms with Gasteiger partial charge in [0.15, 0.2) is 0 Å². The minimum absolute atomic E-state index is 0. The number of rotatable bonds is 7. The van der Waals surface area contributed by atoms with E-state index in [4.69, 9.17) is 0 Å². The van der Waals surface area contributed by atoms with Crippen molar-refractivity contribution >= 4 is 0 Å². The molecule has 0 radical (unpaired) electrons. The minimum atomic E-state index is 0. The van der Waals surface area contributed by atoms with Crippen LogP contribution in [-0.2, 0) is 0 Å². The molecule has 1 rings (SSSR count). The number of nitrogens with zero attached hydrogens (tertiary/aromatic N) is 2. The summed E-state index contributed by atoms with van der Waals surface area (Å²) in [6, 6.07) is 0. The van der Waals surface area contributed by atoms with Crippen molar-refractivity contribution in [2.45, 2.75) is 38.5 Å².